The Morgan fingerprint density at radius 1 is 1.39 bits per heavy atom. The standard InChI is InChI=1S/C23H28NO6P/c1-13-6-5-7-17-8-21-19(10-23(13,17)4)14(2)20(30-21)9-18-16(12-29-31(26,27)28)11-24-15(3)22(18)25/h7-9,11,13,25H,5-6,10,12H2,1-4H3,(H2,26,27,28)/b20-9-/t13-,23+/m0/s1. The van der Waals surface area contributed by atoms with E-state index in [1.807, 2.05) is 6.92 Å². The number of rotatable bonds is 4. The van der Waals surface area contributed by atoms with Crippen LogP contribution >= 0.6 is 7.82 Å². The number of hydrogen-bond acceptors (Lipinski definition) is 5. The summed E-state index contributed by atoms with van der Waals surface area (Å²) in [5.74, 6) is 0.503. The number of nitrogens with zero attached hydrogens (tertiary/aromatic N) is 1. The van der Waals surface area contributed by atoms with E-state index in [9.17, 15) is 9.67 Å². The Kier molecular flexibility index (Phi) is 5.51. The van der Waals surface area contributed by atoms with Gasteiger partial charge in [0.1, 0.15) is 16.6 Å². The van der Waals surface area contributed by atoms with Gasteiger partial charge in [-0.3, -0.25) is 9.51 Å². The first-order valence-corrected chi connectivity index (χ1v) is 11.9. The van der Waals surface area contributed by atoms with Gasteiger partial charge in [0.15, 0.2) is 0 Å². The zero-order valence-corrected chi connectivity index (χ0v) is 19.1. The van der Waals surface area contributed by atoms with Crippen molar-refractivity contribution >= 4 is 20.0 Å². The number of furan rings is 1. The largest absolute Gasteiger partial charge is 0.505 e. The molecule has 2 aromatic heterocycles. The van der Waals surface area contributed by atoms with Crippen molar-refractivity contribution in [3.05, 3.63) is 56.6 Å². The SMILES string of the molecule is Cc1ncc(COP(=O)(O)O)c(/C=c2\oc3c(c2C)C[C@@]2(C)C(=CCC[C@@H]2C)C=3)c1O. The maximum Gasteiger partial charge on any atom is 0.469 e. The Morgan fingerprint density at radius 2 is 2.13 bits per heavy atom. The van der Waals surface area contributed by atoms with Crippen LogP contribution < -0.4 is 10.8 Å². The van der Waals surface area contributed by atoms with Crippen LogP contribution in [0.2, 0.25) is 0 Å². The number of allylic oxidation sites excluding steroid dienone is 2. The quantitative estimate of drug-likeness (QED) is 0.620. The van der Waals surface area contributed by atoms with Gasteiger partial charge in [0.2, 0.25) is 0 Å². The predicted octanol–water partition coefficient (Wildman–Crippen LogP) is 3.13. The van der Waals surface area contributed by atoms with Gasteiger partial charge in [-0.15, -0.1) is 0 Å². The molecule has 0 aromatic carbocycles. The average Bonchev–Trinajstić information content (AvgIpc) is 2.98. The fourth-order valence-corrected chi connectivity index (χ4v) is 4.92. The number of phosphoric acid groups is 1. The number of aryl methyl sites for hydroxylation is 1. The van der Waals surface area contributed by atoms with Crippen molar-refractivity contribution in [3.63, 3.8) is 0 Å². The van der Waals surface area contributed by atoms with Gasteiger partial charge in [0.05, 0.1) is 12.3 Å². The highest BCUT2D eigenvalue weighted by Crippen LogP contribution is 2.46. The van der Waals surface area contributed by atoms with Crippen LogP contribution in [0.4, 0.5) is 0 Å². The summed E-state index contributed by atoms with van der Waals surface area (Å²) in [5.41, 5.74) is 6.15. The number of pyridine rings is 1. The molecule has 0 fully saturated rings. The Balaban J connectivity index is 1.84. The number of hydrogen-bond donors (Lipinski definition) is 3. The van der Waals surface area contributed by atoms with Crippen LogP contribution in [0.5, 0.6) is 5.75 Å². The summed E-state index contributed by atoms with van der Waals surface area (Å²) in [7, 11) is -4.66. The summed E-state index contributed by atoms with van der Waals surface area (Å²) in [4.78, 5) is 22.2. The summed E-state index contributed by atoms with van der Waals surface area (Å²) >= 11 is 0. The van der Waals surface area contributed by atoms with Crippen LogP contribution in [-0.4, -0.2) is 19.9 Å². The lowest BCUT2D eigenvalue weighted by Gasteiger charge is -2.41. The van der Waals surface area contributed by atoms with Gasteiger partial charge in [-0.2, -0.15) is 0 Å². The number of aromatic hydroxyl groups is 1. The van der Waals surface area contributed by atoms with E-state index in [1.165, 1.54) is 18.2 Å². The average molecular weight is 445 g/mol. The molecule has 2 atom stereocenters. The van der Waals surface area contributed by atoms with Crippen LogP contribution in [0.3, 0.4) is 0 Å². The highest BCUT2D eigenvalue weighted by Gasteiger charge is 2.39. The Hall–Kier alpha value is -2.18. The minimum Gasteiger partial charge on any atom is -0.505 e. The minimum absolute atomic E-state index is 0.0680. The van der Waals surface area contributed by atoms with Gasteiger partial charge >= 0.3 is 7.82 Å². The Morgan fingerprint density at radius 3 is 2.84 bits per heavy atom. The highest BCUT2D eigenvalue weighted by atomic mass is 31.2. The molecular formula is C23H28NO6P. The summed E-state index contributed by atoms with van der Waals surface area (Å²) in [6, 6.07) is 0. The lowest BCUT2D eigenvalue weighted by Crippen LogP contribution is -2.37. The van der Waals surface area contributed by atoms with E-state index in [0.29, 0.717) is 28.2 Å². The normalized spacial score (nSPS) is 23.7. The first kappa shape index (κ1) is 22.0. The molecule has 0 aliphatic heterocycles. The van der Waals surface area contributed by atoms with E-state index in [-0.39, 0.29) is 17.8 Å². The summed E-state index contributed by atoms with van der Waals surface area (Å²) in [6.07, 6.45) is 10.7. The third-order valence-electron chi connectivity index (χ3n) is 6.90. The zero-order chi connectivity index (χ0) is 22.6. The molecule has 31 heavy (non-hydrogen) atoms. The highest BCUT2D eigenvalue weighted by molar-refractivity contribution is 7.46. The molecule has 0 spiro atoms. The Bertz CT molecular complexity index is 1240. The molecule has 4 rings (SSSR count). The van der Waals surface area contributed by atoms with Crippen LogP contribution in [-0.2, 0) is 22.1 Å². The van der Waals surface area contributed by atoms with Crippen LogP contribution in [0, 0.1) is 25.2 Å². The van der Waals surface area contributed by atoms with Crippen LogP contribution in [0.25, 0.3) is 12.2 Å². The van der Waals surface area contributed by atoms with Gasteiger partial charge < -0.3 is 19.3 Å². The van der Waals surface area contributed by atoms with E-state index in [0.717, 1.165) is 29.4 Å². The lowest BCUT2D eigenvalue weighted by molar-refractivity contribution is 0.188. The maximum absolute atomic E-state index is 11.1. The molecule has 0 saturated heterocycles. The van der Waals surface area contributed by atoms with Gasteiger partial charge in [0.25, 0.3) is 0 Å². The second-order valence-electron chi connectivity index (χ2n) is 8.85. The molecule has 0 bridgehead atoms. The molecule has 8 heteroatoms. The van der Waals surface area contributed by atoms with E-state index >= 15 is 0 Å². The molecule has 0 unspecified atom stereocenters. The molecule has 0 amide bonds. The van der Waals surface area contributed by atoms with E-state index in [1.54, 1.807) is 13.0 Å². The van der Waals surface area contributed by atoms with Crippen molar-refractivity contribution < 1.29 is 28.4 Å². The van der Waals surface area contributed by atoms with Crippen molar-refractivity contribution in [1.29, 1.82) is 0 Å². The molecule has 2 heterocycles. The second kappa shape index (κ2) is 7.75. The van der Waals surface area contributed by atoms with Crippen molar-refractivity contribution in [3.8, 4) is 5.75 Å². The van der Waals surface area contributed by atoms with Gasteiger partial charge in [-0.25, -0.2) is 4.57 Å². The summed E-state index contributed by atoms with van der Waals surface area (Å²) < 4.78 is 22.0. The number of fused-ring (bicyclic) bond motifs is 2. The summed E-state index contributed by atoms with van der Waals surface area (Å²) in [5, 5.41) is 10.6. The first-order chi connectivity index (χ1) is 14.5. The topological polar surface area (TPSA) is 113 Å². The second-order valence-corrected chi connectivity index (χ2v) is 10.1. The molecule has 166 valence electrons. The predicted molar refractivity (Wildman–Crippen MR) is 116 cm³/mol. The van der Waals surface area contributed by atoms with Gasteiger partial charge in [-0.1, -0.05) is 19.9 Å². The molecule has 2 aliphatic carbocycles. The molecule has 0 radical (unpaired) electrons. The van der Waals surface area contributed by atoms with Crippen molar-refractivity contribution in [2.24, 2.45) is 11.3 Å². The van der Waals surface area contributed by atoms with E-state index in [2.05, 4.69) is 35.5 Å². The molecule has 0 saturated carbocycles. The Labute approximate surface area is 181 Å². The molecule has 2 aliphatic rings. The number of aromatic nitrogens is 1. The van der Waals surface area contributed by atoms with Crippen molar-refractivity contribution in [1.82, 2.24) is 4.98 Å². The number of phosphoric ester groups is 1. The van der Waals surface area contributed by atoms with Crippen LogP contribution in [0.1, 0.15) is 54.6 Å². The molecule has 2 aromatic rings. The molecular weight excluding hydrogens is 417 g/mol. The lowest BCUT2D eigenvalue weighted by atomic mass is 9.62. The van der Waals surface area contributed by atoms with E-state index < -0.39 is 7.82 Å². The maximum atomic E-state index is 11.1. The first-order valence-electron chi connectivity index (χ1n) is 10.4. The third kappa shape index (κ3) is 4.03. The molecule has 3 N–H and O–H groups in total. The fourth-order valence-electron chi connectivity index (χ4n) is 4.61. The third-order valence-corrected chi connectivity index (χ3v) is 7.37. The van der Waals surface area contributed by atoms with Crippen molar-refractivity contribution in [2.75, 3.05) is 0 Å². The van der Waals surface area contributed by atoms with Crippen LogP contribution in [0.15, 0.2) is 22.3 Å². The van der Waals surface area contributed by atoms with Gasteiger partial charge in [0, 0.05) is 22.9 Å². The van der Waals surface area contributed by atoms with Gasteiger partial charge in [-0.05, 0) is 67.7 Å². The smallest absolute Gasteiger partial charge is 0.469 e. The van der Waals surface area contributed by atoms with E-state index in [4.69, 9.17) is 14.2 Å². The molecule has 7 nitrogen and oxygen atoms in total. The van der Waals surface area contributed by atoms with Crippen molar-refractivity contribution in [2.45, 2.75) is 53.6 Å². The minimum atomic E-state index is -4.66. The zero-order valence-electron chi connectivity index (χ0n) is 18.2. The monoisotopic (exact) mass is 445 g/mol. The fraction of sp³-hybridized carbons (Fsp3) is 0.435. The summed E-state index contributed by atoms with van der Waals surface area (Å²) in [6.45, 7) is 7.90.